The highest BCUT2D eigenvalue weighted by molar-refractivity contribution is 9.10. The lowest BCUT2D eigenvalue weighted by atomic mass is 10.1. The van der Waals surface area contributed by atoms with Crippen LogP contribution < -0.4 is 5.32 Å². The van der Waals surface area contributed by atoms with Gasteiger partial charge in [-0.05, 0) is 31.0 Å². The van der Waals surface area contributed by atoms with Crippen LogP contribution in [0.15, 0.2) is 28.7 Å². The van der Waals surface area contributed by atoms with Gasteiger partial charge in [-0.2, -0.15) is 0 Å². The molecule has 1 fully saturated rings. The van der Waals surface area contributed by atoms with E-state index in [-0.39, 0.29) is 17.5 Å². The largest absolute Gasteiger partial charge is 0.313 e. The zero-order valence-electron chi connectivity index (χ0n) is 9.52. The SMILES string of the molecule is O=S(=O)(CCc1ccccc1Br)CC1CCN1. The van der Waals surface area contributed by atoms with Crippen molar-refractivity contribution in [1.29, 1.82) is 0 Å². The van der Waals surface area contributed by atoms with Gasteiger partial charge in [0.2, 0.25) is 0 Å². The summed E-state index contributed by atoms with van der Waals surface area (Å²) in [5, 5.41) is 3.12. The lowest BCUT2D eigenvalue weighted by molar-refractivity contribution is 0.399. The van der Waals surface area contributed by atoms with Gasteiger partial charge in [0.25, 0.3) is 0 Å². The number of aryl methyl sites for hydroxylation is 1. The average Bonchev–Trinajstić information content (AvgIpc) is 2.23. The maximum absolute atomic E-state index is 11.9. The number of nitrogens with one attached hydrogen (secondary N) is 1. The van der Waals surface area contributed by atoms with Crippen LogP contribution >= 0.6 is 15.9 Å². The van der Waals surface area contributed by atoms with Crippen LogP contribution in [0.5, 0.6) is 0 Å². The van der Waals surface area contributed by atoms with E-state index in [2.05, 4.69) is 21.2 Å². The molecule has 0 bridgehead atoms. The summed E-state index contributed by atoms with van der Waals surface area (Å²) in [5.74, 6) is 0.505. The Morgan fingerprint density at radius 3 is 2.65 bits per heavy atom. The summed E-state index contributed by atoms with van der Waals surface area (Å²) in [6, 6.07) is 7.94. The van der Waals surface area contributed by atoms with E-state index in [1.54, 1.807) is 0 Å². The first-order valence-corrected chi connectivity index (χ1v) is 8.35. The van der Waals surface area contributed by atoms with Crippen LogP contribution in [0.4, 0.5) is 0 Å². The van der Waals surface area contributed by atoms with Crippen molar-refractivity contribution in [2.24, 2.45) is 0 Å². The van der Waals surface area contributed by atoms with Crippen molar-refractivity contribution in [3.63, 3.8) is 0 Å². The lowest BCUT2D eigenvalue weighted by Crippen LogP contribution is -2.47. The minimum atomic E-state index is -2.94. The van der Waals surface area contributed by atoms with Crippen LogP contribution in [0.2, 0.25) is 0 Å². The van der Waals surface area contributed by atoms with Gasteiger partial charge in [-0.3, -0.25) is 0 Å². The molecule has 3 nitrogen and oxygen atoms in total. The summed E-state index contributed by atoms with van der Waals surface area (Å²) in [4.78, 5) is 0. The molecule has 94 valence electrons. The Bertz CT molecular complexity index is 483. The number of benzene rings is 1. The third-order valence-electron chi connectivity index (χ3n) is 3.02. The van der Waals surface area contributed by atoms with Crippen LogP contribution in [0, 0.1) is 0 Å². The second-order valence-corrected chi connectivity index (χ2v) is 7.48. The van der Waals surface area contributed by atoms with E-state index < -0.39 is 9.84 Å². The average molecular weight is 318 g/mol. The lowest BCUT2D eigenvalue weighted by Gasteiger charge is -2.27. The Balaban J connectivity index is 1.90. The maximum Gasteiger partial charge on any atom is 0.152 e. The van der Waals surface area contributed by atoms with Crippen molar-refractivity contribution in [1.82, 2.24) is 5.32 Å². The molecule has 0 amide bonds. The summed E-state index contributed by atoms with van der Waals surface area (Å²) in [5.41, 5.74) is 1.05. The molecular weight excluding hydrogens is 302 g/mol. The number of rotatable bonds is 5. The normalized spacial score (nSPS) is 19.9. The van der Waals surface area contributed by atoms with Crippen molar-refractivity contribution >= 4 is 25.8 Å². The predicted octanol–water partition coefficient (Wildman–Crippen LogP) is 1.77. The molecule has 1 atom stereocenters. The highest BCUT2D eigenvalue weighted by Crippen LogP contribution is 2.17. The van der Waals surface area contributed by atoms with Gasteiger partial charge < -0.3 is 5.32 Å². The minimum Gasteiger partial charge on any atom is -0.313 e. The number of halogens is 1. The molecule has 0 aliphatic carbocycles. The summed E-state index contributed by atoms with van der Waals surface area (Å²) in [6.45, 7) is 0.949. The molecule has 0 saturated carbocycles. The molecule has 0 aromatic heterocycles. The highest BCUT2D eigenvalue weighted by Gasteiger charge is 2.23. The zero-order chi connectivity index (χ0) is 12.3. The first-order valence-electron chi connectivity index (χ1n) is 5.74. The third-order valence-corrected chi connectivity index (χ3v) is 5.53. The van der Waals surface area contributed by atoms with Crippen molar-refractivity contribution in [2.75, 3.05) is 18.1 Å². The van der Waals surface area contributed by atoms with Gasteiger partial charge in [0, 0.05) is 10.5 Å². The molecule has 1 unspecified atom stereocenters. The molecule has 1 aliphatic heterocycles. The molecule has 2 rings (SSSR count). The van der Waals surface area contributed by atoms with E-state index in [0.29, 0.717) is 6.42 Å². The monoisotopic (exact) mass is 317 g/mol. The van der Waals surface area contributed by atoms with E-state index in [0.717, 1.165) is 23.0 Å². The molecule has 1 saturated heterocycles. The Morgan fingerprint density at radius 2 is 2.06 bits per heavy atom. The van der Waals surface area contributed by atoms with Crippen LogP contribution in [0.3, 0.4) is 0 Å². The van der Waals surface area contributed by atoms with Crippen molar-refractivity contribution < 1.29 is 8.42 Å². The molecule has 1 aromatic carbocycles. The van der Waals surface area contributed by atoms with Crippen LogP contribution in [0.1, 0.15) is 12.0 Å². The Kier molecular flexibility index (Phi) is 4.22. The van der Waals surface area contributed by atoms with Gasteiger partial charge in [-0.15, -0.1) is 0 Å². The fourth-order valence-electron chi connectivity index (χ4n) is 1.85. The smallest absolute Gasteiger partial charge is 0.152 e. The first-order chi connectivity index (χ1) is 8.07. The molecule has 0 radical (unpaired) electrons. The molecule has 1 N–H and O–H groups in total. The molecule has 5 heteroatoms. The van der Waals surface area contributed by atoms with Gasteiger partial charge in [0.05, 0.1) is 11.5 Å². The van der Waals surface area contributed by atoms with Crippen molar-refractivity contribution in [3.05, 3.63) is 34.3 Å². The van der Waals surface area contributed by atoms with Crippen LogP contribution in [-0.4, -0.2) is 32.5 Å². The Hall–Kier alpha value is -0.390. The van der Waals surface area contributed by atoms with Crippen molar-refractivity contribution in [3.8, 4) is 0 Å². The third kappa shape index (κ3) is 3.79. The molecule has 17 heavy (non-hydrogen) atoms. The van der Waals surface area contributed by atoms with E-state index in [1.807, 2.05) is 24.3 Å². The first kappa shape index (κ1) is 13.1. The van der Waals surface area contributed by atoms with Gasteiger partial charge in [0.15, 0.2) is 9.84 Å². The van der Waals surface area contributed by atoms with Gasteiger partial charge in [0.1, 0.15) is 0 Å². The van der Waals surface area contributed by atoms with E-state index >= 15 is 0 Å². The van der Waals surface area contributed by atoms with Crippen LogP contribution in [0.25, 0.3) is 0 Å². The van der Waals surface area contributed by atoms with Crippen LogP contribution in [-0.2, 0) is 16.3 Å². The van der Waals surface area contributed by atoms with E-state index in [9.17, 15) is 8.42 Å². The predicted molar refractivity (Wildman–Crippen MR) is 72.9 cm³/mol. The quantitative estimate of drug-likeness (QED) is 0.900. The summed E-state index contributed by atoms with van der Waals surface area (Å²) >= 11 is 3.43. The molecule has 1 aromatic rings. The summed E-state index contributed by atoms with van der Waals surface area (Å²) < 4.78 is 24.7. The summed E-state index contributed by atoms with van der Waals surface area (Å²) in [7, 11) is -2.94. The fourth-order valence-corrected chi connectivity index (χ4v) is 3.93. The van der Waals surface area contributed by atoms with E-state index in [1.165, 1.54) is 0 Å². The number of hydrogen-bond donors (Lipinski definition) is 1. The van der Waals surface area contributed by atoms with E-state index in [4.69, 9.17) is 0 Å². The molecule has 1 aliphatic rings. The number of hydrogen-bond acceptors (Lipinski definition) is 3. The summed E-state index contributed by atoms with van der Waals surface area (Å²) in [6.07, 6.45) is 1.56. The van der Waals surface area contributed by atoms with Gasteiger partial charge in [-0.25, -0.2) is 8.42 Å². The Morgan fingerprint density at radius 1 is 1.35 bits per heavy atom. The number of sulfone groups is 1. The fraction of sp³-hybridized carbons (Fsp3) is 0.500. The molecule has 0 spiro atoms. The van der Waals surface area contributed by atoms with Crippen molar-refractivity contribution in [2.45, 2.75) is 18.9 Å². The second-order valence-electron chi connectivity index (χ2n) is 4.40. The topological polar surface area (TPSA) is 46.2 Å². The standard InChI is InChI=1S/C12H16BrNO2S/c13-12-4-2-1-3-10(12)6-8-17(15,16)9-11-5-7-14-11/h1-4,11,14H,5-9H2. The minimum absolute atomic E-state index is 0.180. The Labute approximate surface area is 111 Å². The second kappa shape index (κ2) is 5.50. The maximum atomic E-state index is 11.9. The molecular formula is C12H16BrNO2S. The zero-order valence-corrected chi connectivity index (χ0v) is 11.9. The highest BCUT2D eigenvalue weighted by atomic mass is 79.9. The van der Waals surface area contributed by atoms with Gasteiger partial charge >= 0.3 is 0 Å². The molecule has 1 heterocycles. The van der Waals surface area contributed by atoms with Gasteiger partial charge in [-0.1, -0.05) is 34.1 Å².